The highest BCUT2D eigenvalue weighted by Crippen LogP contribution is 2.74. The second-order valence-electron chi connectivity index (χ2n) is 11.4. The number of rotatable bonds is 7. The van der Waals surface area contributed by atoms with Gasteiger partial charge in [-0.25, -0.2) is 0 Å². The lowest BCUT2D eigenvalue weighted by atomic mass is 9.36. The highest BCUT2D eigenvalue weighted by Gasteiger charge is 2.79. The van der Waals surface area contributed by atoms with Crippen molar-refractivity contribution in [1.82, 2.24) is 0 Å². The van der Waals surface area contributed by atoms with Crippen molar-refractivity contribution in [2.75, 3.05) is 7.11 Å². The van der Waals surface area contributed by atoms with E-state index in [-0.39, 0.29) is 25.3 Å². The lowest BCUT2D eigenvalue weighted by molar-refractivity contribution is -0.199. The molecule has 7 rings (SSSR count). The molecule has 0 aromatic heterocycles. The third kappa shape index (κ3) is 3.22. The molecule has 3 aromatic rings. The minimum atomic E-state index is -1.27. The molecule has 0 amide bonds. The molecule has 2 bridgehead atoms. The largest absolute Gasteiger partial charge is 0.493 e. The van der Waals surface area contributed by atoms with Gasteiger partial charge in [-0.15, -0.1) is 0 Å². The van der Waals surface area contributed by atoms with Crippen LogP contribution in [0.4, 0.5) is 0 Å². The van der Waals surface area contributed by atoms with Crippen LogP contribution in [0, 0.1) is 10.8 Å². The van der Waals surface area contributed by atoms with Crippen molar-refractivity contribution >= 4 is 11.9 Å². The molecule has 0 radical (unpaired) electrons. The molecule has 1 aliphatic heterocycles. The van der Waals surface area contributed by atoms with Crippen LogP contribution in [0.1, 0.15) is 47.9 Å². The van der Waals surface area contributed by atoms with Crippen LogP contribution < -0.4 is 9.47 Å². The molecule has 0 N–H and O–H groups in total. The normalized spacial score (nSPS) is 28.7. The van der Waals surface area contributed by atoms with Gasteiger partial charge in [0, 0.05) is 12.0 Å². The van der Waals surface area contributed by atoms with E-state index in [1.807, 2.05) is 84.9 Å². The zero-order valence-corrected chi connectivity index (χ0v) is 22.6. The van der Waals surface area contributed by atoms with Gasteiger partial charge in [-0.3, -0.25) is 9.59 Å². The van der Waals surface area contributed by atoms with Crippen LogP contribution in [0.2, 0.25) is 0 Å². The van der Waals surface area contributed by atoms with Gasteiger partial charge in [-0.2, -0.15) is 0 Å². The Morgan fingerprint density at radius 2 is 1.55 bits per heavy atom. The summed E-state index contributed by atoms with van der Waals surface area (Å²) in [6.45, 7) is 0.276. The van der Waals surface area contributed by atoms with E-state index < -0.39 is 22.2 Å². The van der Waals surface area contributed by atoms with Crippen molar-refractivity contribution in [1.29, 1.82) is 0 Å². The van der Waals surface area contributed by atoms with Gasteiger partial charge in [0.1, 0.15) is 24.7 Å². The molecule has 4 aliphatic rings. The monoisotopic (exact) mass is 536 g/mol. The van der Waals surface area contributed by atoms with Crippen LogP contribution in [0.5, 0.6) is 11.5 Å². The van der Waals surface area contributed by atoms with E-state index >= 15 is 0 Å². The summed E-state index contributed by atoms with van der Waals surface area (Å²) in [6.07, 6.45) is 6.69. The summed E-state index contributed by atoms with van der Waals surface area (Å²) in [5.41, 5.74) is 0.678. The van der Waals surface area contributed by atoms with Crippen molar-refractivity contribution in [2.24, 2.45) is 10.8 Å². The van der Waals surface area contributed by atoms with Crippen LogP contribution in [-0.4, -0.2) is 25.2 Å². The van der Waals surface area contributed by atoms with Gasteiger partial charge in [0.25, 0.3) is 0 Å². The Bertz CT molecular complexity index is 1500. The molecule has 40 heavy (non-hydrogen) atoms. The first-order valence-corrected chi connectivity index (χ1v) is 14.0. The third-order valence-corrected chi connectivity index (χ3v) is 9.67. The molecular formula is C34H32O6. The molecule has 3 aliphatic carbocycles. The first kappa shape index (κ1) is 24.9. The summed E-state index contributed by atoms with van der Waals surface area (Å²) >= 11 is 0. The van der Waals surface area contributed by atoms with E-state index in [0.29, 0.717) is 37.2 Å². The number of carbonyl (C=O) groups is 2. The Balaban J connectivity index is 1.39. The van der Waals surface area contributed by atoms with Gasteiger partial charge in [0.2, 0.25) is 0 Å². The first-order chi connectivity index (χ1) is 19.6. The van der Waals surface area contributed by atoms with Crippen LogP contribution in [0.15, 0.2) is 84.9 Å². The van der Waals surface area contributed by atoms with Gasteiger partial charge in [-0.1, -0.05) is 85.3 Å². The van der Waals surface area contributed by atoms with Gasteiger partial charge in [0.05, 0.1) is 17.9 Å². The second kappa shape index (κ2) is 9.26. The number of hydrogen-bond acceptors (Lipinski definition) is 6. The van der Waals surface area contributed by atoms with Crippen LogP contribution >= 0.6 is 0 Å². The van der Waals surface area contributed by atoms with Crippen molar-refractivity contribution in [3.8, 4) is 11.5 Å². The fourth-order valence-corrected chi connectivity index (χ4v) is 8.11. The molecule has 204 valence electrons. The van der Waals surface area contributed by atoms with Crippen molar-refractivity contribution in [3.05, 3.63) is 107 Å². The molecule has 1 heterocycles. The highest BCUT2D eigenvalue weighted by molar-refractivity contribution is 5.95. The summed E-state index contributed by atoms with van der Waals surface area (Å²) in [4.78, 5) is 29.2. The number of methoxy groups -OCH3 is 1. The Morgan fingerprint density at radius 3 is 2.23 bits per heavy atom. The predicted octanol–water partition coefficient (Wildman–Crippen LogP) is 5.85. The molecule has 6 heteroatoms. The van der Waals surface area contributed by atoms with Crippen LogP contribution in [-0.2, 0) is 44.1 Å². The topological polar surface area (TPSA) is 71.1 Å². The van der Waals surface area contributed by atoms with Gasteiger partial charge >= 0.3 is 11.9 Å². The van der Waals surface area contributed by atoms with Crippen LogP contribution in [0.25, 0.3) is 0 Å². The Labute approximate surface area is 233 Å². The number of esters is 2. The Kier molecular flexibility index (Phi) is 5.77. The lowest BCUT2D eigenvalue weighted by Crippen LogP contribution is -2.71. The SMILES string of the molecule is COc1ccc2c3c1O[C@H]1CC=CC4(C(=O)OCc5ccccc5)C(C(=O)OCc5ccccc5)(CCCC314)C2. The average molecular weight is 537 g/mol. The molecule has 4 atom stereocenters. The summed E-state index contributed by atoms with van der Waals surface area (Å²) < 4.78 is 24.6. The van der Waals surface area contributed by atoms with E-state index in [2.05, 4.69) is 0 Å². The summed E-state index contributed by atoms with van der Waals surface area (Å²) in [6, 6.07) is 23.3. The summed E-state index contributed by atoms with van der Waals surface area (Å²) in [5, 5.41) is 0. The smallest absolute Gasteiger partial charge is 0.318 e. The minimum absolute atomic E-state index is 0.129. The second-order valence-corrected chi connectivity index (χ2v) is 11.4. The van der Waals surface area contributed by atoms with Gasteiger partial charge in [0.15, 0.2) is 11.5 Å². The molecule has 1 spiro atoms. The van der Waals surface area contributed by atoms with Crippen molar-refractivity contribution in [3.63, 3.8) is 0 Å². The van der Waals surface area contributed by atoms with E-state index in [4.69, 9.17) is 18.9 Å². The maximum atomic E-state index is 14.7. The van der Waals surface area contributed by atoms with Crippen molar-refractivity contribution in [2.45, 2.75) is 56.8 Å². The number of hydrogen-bond donors (Lipinski definition) is 0. The minimum Gasteiger partial charge on any atom is -0.493 e. The fraction of sp³-hybridized carbons (Fsp3) is 0.353. The average Bonchev–Trinajstić information content (AvgIpc) is 3.33. The number of benzene rings is 3. The molecular weight excluding hydrogens is 504 g/mol. The fourth-order valence-electron chi connectivity index (χ4n) is 8.11. The van der Waals surface area contributed by atoms with E-state index in [0.717, 1.165) is 28.7 Å². The first-order valence-electron chi connectivity index (χ1n) is 14.0. The quantitative estimate of drug-likeness (QED) is 0.279. The van der Waals surface area contributed by atoms with E-state index in [1.54, 1.807) is 7.11 Å². The van der Waals surface area contributed by atoms with Gasteiger partial charge in [-0.05, 0) is 42.0 Å². The molecule has 1 fully saturated rings. The molecule has 1 saturated carbocycles. The summed E-state index contributed by atoms with van der Waals surface area (Å²) in [7, 11) is 1.63. The Hall–Kier alpha value is -4.06. The lowest BCUT2D eigenvalue weighted by Gasteiger charge is -2.63. The number of carbonyl (C=O) groups excluding carboxylic acids is 2. The van der Waals surface area contributed by atoms with Gasteiger partial charge < -0.3 is 18.9 Å². The standard InChI is InChI=1S/C34H32O6/c1-37-26-16-15-25-20-32(30(35)38-21-23-10-4-2-5-11-23)17-9-18-33-27(40-29(26)28(25)33)14-8-19-34(32,33)31(36)39-22-24-12-6-3-7-13-24/h2-8,10-13,15-16,19,27H,9,14,17-18,20-22H2,1H3/t27-,32?,33?,34?/m0/s1. The maximum absolute atomic E-state index is 14.7. The zero-order valence-electron chi connectivity index (χ0n) is 22.6. The maximum Gasteiger partial charge on any atom is 0.318 e. The summed E-state index contributed by atoms with van der Waals surface area (Å²) in [5.74, 6) is 0.604. The molecule has 3 aromatic carbocycles. The predicted molar refractivity (Wildman–Crippen MR) is 148 cm³/mol. The molecule has 6 nitrogen and oxygen atoms in total. The zero-order chi connectivity index (χ0) is 27.4. The Morgan fingerprint density at radius 1 is 0.875 bits per heavy atom. The van der Waals surface area contributed by atoms with E-state index in [9.17, 15) is 9.59 Å². The molecule has 0 saturated heterocycles. The van der Waals surface area contributed by atoms with E-state index in [1.165, 1.54) is 0 Å². The van der Waals surface area contributed by atoms with Crippen molar-refractivity contribution < 1.29 is 28.5 Å². The highest BCUT2D eigenvalue weighted by atomic mass is 16.5. The van der Waals surface area contributed by atoms with Crippen LogP contribution in [0.3, 0.4) is 0 Å². The number of ether oxygens (including phenoxy) is 4. The third-order valence-electron chi connectivity index (χ3n) is 9.67. The molecule has 3 unspecified atom stereocenters.